The Morgan fingerprint density at radius 2 is 0.833 bits per heavy atom. The standard InChI is InChI=1S/C32H20N2O2/c1-35-17-11-13-25-21(15-17)29-27-19-7-3-6-10-24(19)34-26-14-12-18(36-2)16-22(26)30(32(27)34)28-20-8-4-5-9-23(20)33(25)31(28)29/h3-16H,1-2H3. The first-order valence-electron chi connectivity index (χ1n) is 12.2. The van der Waals surface area contributed by atoms with Gasteiger partial charge in [-0.3, -0.25) is 0 Å². The summed E-state index contributed by atoms with van der Waals surface area (Å²) >= 11 is 0. The van der Waals surface area contributed by atoms with Gasteiger partial charge in [0.1, 0.15) is 11.5 Å². The Morgan fingerprint density at radius 1 is 0.444 bits per heavy atom. The van der Waals surface area contributed by atoms with Gasteiger partial charge in [-0.05, 0) is 48.5 Å². The molecule has 9 rings (SSSR count). The Hall–Kier alpha value is -4.70. The van der Waals surface area contributed by atoms with Crippen molar-refractivity contribution in [1.82, 2.24) is 8.80 Å². The van der Waals surface area contributed by atoms with Gasteiger partial charge in [-0.1, -0.05) is 36.4 Å². The molecule has 4 nitrogen and oxygen atoms in total. The molecule has 0 radical (unpaired) electrons. The molecule has 0 unspecified atom stereocenters. The average Bonchev–Trinajstić information content (AvgIpc) is 3.64. The zero-order valence-corrected chi connectivity index (χ0v) is 19.8. The number of hydrogen-bond acceptors (Lipinski definition) is 2. The molecular weight excluding hydrogens is 444 g/mol. The van der Waals surface area contributed by atoms with E-state index >= 15 is 0 Å². The van der Waals surface area contributed by atoms with Crippen LogP contribution in [0, 0.1) is 0 Å². The van der Waals surface area contributed by atoms with Crippen molar-refractivity contribution in [2.45, 2.75) is 0 Å². The van der Waals surface area contributed by atoms with Crippen LogP contribution in [0.15, 0.2) is 84.9 Å². The van der Waals surface area contributed by atoms with E-state index in [1.807, 2.05) is 0 Å². The van der Waals surface area contributed by atoms with E-state index in [1.54, 1.807) is 14.2 Å². The monoisotopic (exact) mass is 464 g/mol. The van der Waals surface area contributed by atoms with Crippen LogP contribution in [0.3, 0.4) is 0 Å². The molecule has 0 fully saturated rings. The number of fused-ring (bicyclic) bond motifs is 14. The summed E-state index contributed by atoms with van der Waals surface area (Å²) in [5.41, 5.74) is 7.43. The van der Waals surface area contributed by atoms with Crippen molar-refractivity contribution in [2.24, 2.45) is 0 Å². The number of hydrogen-bond donors (Lipinski definition) is 0. The minimum atomic E-state index is 0.876. The lowest BCUT2D eigenvalue weighted by Crippen LogP contribution is -1.83. The Labute approximate surface area is 205 Å². The van der Waals surface area contributed by atoms with Gasteiger partial charge in [0, 0.05) is 43.1 Å². The van der Waals surface area contributed by atoms with E-state index in [9.17, 15) is 0 Å². The second-order valence-electron chi connectivity index (χ2n) is 9.67. The molecule has 0 aliphatic heterocycles. The predicted molar refractivity (Wildman–Crippen MR) is 149 cm³/mol. The molecule has 170 valence electrons. The maximum atomic E-state index is 5.69. The number of benzene rings is 5. The van der Waals surface area contributed by atoms with Crippen molar-refractivity contribution >= 4 is 76.2 Å². The molecule has 0 amide bonds. The fraction of sp³-hybridized carbons (Fsp3) is 0.0625. The average molecular weight is 465 g/mol. The molecule has 0 bridgehead atoms. The van der Waals surface area contributed by atoms with Gasteiger partial charge in [-0.15, -0.1) is 0 Å². The van der Waals surface area contributed by atoms with Gasteiger partial charge in [0.05, 0.1) is 47.3 Å². The third-order valence-electron chi connectivity index (χ3n) is 8.15. The van der Waals surface area contributed by atoms with Gasteiger partial charge in [0.25, 0.3) is 0 Å². The van der Waals surface area contributed by atoms with E-state index in [-0.39, 0.29) is 0 Å². The van der Waals surface area contributed by atoms with Crippen molar-refractivity contribution in [2.75, 3.05) is 14.2 Å². The number of rotatable bonds is 2. The molecule has 0 N–H and O–H groups in total. The molecule has 9 aromatic rings. The Morgan fingerprint density at radius 3 is 1.28 bits per heavy atom. The minimum absolute atomic E-state index is 0.876. The van der Waals surface area contributed by atoms with Crippen LogP contribution in [0.2, 0.25) is 0 Å². The van der Waals surface area contributed by atoms with Crippen LogP contribution in [0.4, 0.5) is 0 Å². The number of methoxy groups -OCH3 is 2. The second kappa shape index (κ2) is 6.10. The van der Waals surface area contributed by atoms with Crippen LogP contribution in [-0.4, -0.2) is 23.0 Å². The molecule has 36 heavy (non-hydrogen) atoms. The smallest absolute Gasteiger partial charge is 0.119 e. The summed E-state index contributed by atoms with van der Waals surface area (Å²) in [6.45, 7) is 0. The van der Waals surface area contributed by atoms with Crippen molar-refractivity contribution in [1.29, 1.82) is 0 Å². The second-order valence-corrected chi connectivity index (χ2v) is 9.67. The normalized spacial score (nSPS) is 12.7. The summed E-state index contributed by atoms with van der Waals surface area (Å²) in [6, 6.07) is 30.5. The van der Waals surface area contributed by atoms with E-state index in [0.717, 1.165) is 11.5 Å². The Kier molecular flexibility index (Phi) is 3.15. The van der Waals surface area contributed by atoms with Gasteiger partial charge >= 0.3 is 0 Å². The van der Waals surface area contributed by atoms with Crippen molar-refractivity contribution < 1.29 is 9.47 Å². The molecule has 4 heterocycles. The van der Waals surface area contributed by atoms with Crippen LogP contribution < -0.4 is 9.47 Å². The van der Waals surface area contributed by atoms with E-state index < -0.39 is 0 Å². The summed E-state index contributed by atoms with van der Waals surface area (Å²) in [5, 5.41) is 10.2. The summed E-state index contributed by atoms with van der Waals surface area (Å²) in [5.74, 6) is 1.75. The highest BCUT2D eigenvalue weighted by atomic mass is 16.5. The van der Waals surface area contributed by atoms with Gasteiger partial charge in [0.15, 0.2) is 0 Å². The molecule has 0 aliphatic carbocycles. The molecule has 5 aromatic carbocycles. The molecule has 0 aliphatic rings. The van der Waals surface area contributed by atoms with Crippen molar-refractivity contribution in [3.8, 4) is 11.5 Å². The van der Waals surface area contributed by atoms with E-state index in [2.05, 4.69) is 93.7 Å². The zero-order chi connectivity index (χ0) is 23.7. The van der Waals surface area contributed by atoms with Crippen LogP contribution in [-0.2, 0) is 0 Å². The van der Waals surface area contributed by atoms with Gasteiger partial charge in [-0.2, -0.15) is 0 Å². The lowest BCUT2D eigenvalue weighted by molar-refractivity contribution is 0.415. The summed E-state index contributed by atoms with van der Waals surface area (Å²) < 4.78 is 16.3. The lowest BCUT2D eigenvalue weighted by atomic mass is 9.97. The highest BCUT2D eigenvalue weighted by Crippen LogP contribution is 2.52. The van der Waals surface area contributed by atoms with Crippen molar-refractivity contribution in [3.63, 3.8) is 0 Å². The summed E-state index contributed by atoms with van der Waals surface area (Å²) in [4.78, 5) is 0. The molecule has 0 saturated carbocycles. The summed E-state index contributed by atoms with van der Waals surface area (Å²) in [7, 11) is 3.48. The summed E-state index contributed by atoms with van der Waals surface area (Å²) in [6.07, 6.45) is 0. The Balaban J connectivity index is 1.76. The fourth-order valence-electron chi connectivity index (χ4n) is 6.80. The first kappa shape index (κ1) is 18.6. The number of para-hydroxylation sites is 2. The maximum Gasteiger partial charge on any atom is 0.119 e. The van der Waals surface area contributed by atoms with E-state index in [4.69, 9.17) is 9.47 Å². The van der Waals surface area contributed by atoms with Crippen LogP contribution in [0.5, 0.6) is 11.5 Å². The predicted octanol–water partition coefficient (Wildman–Crippen LogP) is 8.00. The highest BCUT2D eigenvalue weighted by molar-refractivity contribution is 6.45. The maximum absolute atomic E-state index is 5.69. The first-order chi connectivity index (χ1) is 17.8. The Bertz CT molecular complexity index is 2170. The largest absolute Gasteiger partial charge is 0.497 e. The van der Waals surface area contributed by atoms with Gasteiger partial charge in [0.2, 0.25) is 0 Å². The fourth-order valence-corrected chi connectivity index (χ4v) is 6.80. The molecule has 4 aromatic heterocycles. The number of nitrogens with zero attached hydrogens (tertiary/aromatic N) is 2. The third-order valence-corrected chi connectivity index (χ3v) is 8.15. The number of aromatic nitrogens is 2. The zero-order valence-electron chi connectivity index (χ0n) is 19.8. The quantitative estimate of drug-likeness (QED) is 0.259. The van der Waals surface area contributed by atoms with Crippen LogP contribution >= 0.6 is 0 Å². The molecule has 0 spiro atoms. The molecule has 0 saturated heterocycles. The van der Waals surface area contributed by atoms with Crippen molar-refractivity contribution in [3.05, 3.63) is 84.9 Å². The lowest BCUT2D eigenvalue weighted by Gasteiger charge is -2.04. The first-order valence-corrected chi connectivity index (χ1v) is 12.2. The van der Waals surface area contributed by atoms with Gasteiger partial charge in [-0.25, -0.2) is 0 Å². The number of ether oxygens (including phenoxy) is 2. The minimum Gasteiger partial charge on any atom is -0.497 e. The van der Waals surface area contributed by atoms with Crippen LogP contribution in [0.1, 0.15) is 0 Å². The SMILES string of the molecule is COc1ccc2c(c1)c1c3c4ccccc4n4c5ccc(OC)cc5c(c5c6ccccc6n2c51)c34. The third kappa shape index (κ3) is 1.89. The molecular formula is C32H20N2O2. The van der Waals surface area contributed by atoms with E-state index in [0.29, 0.717) is 0 Å². The van der Waals surface area contributed by atoms with Crippen LogP contribution in [0.25, 0.3) is 76.2 Å². The topological polar surface area (TPSA) is 27.3 Å². The highest BCUT2D eigenvalue weighted by Gasteiger charge is 2.28. The van der Waals surface area contributed by atoms with E-state index in [1.165, 1.54) is 76.2 Å². The molecule has 0 atom stereocenters. The molecule has 4 heteroatoms. The van der Waals surface area contributed by atoms with Gasteiger partial charge < -0.3 is 18.3 Å².